The number of carbonyl (C=O) groups excluding carboxylic acids is 2. The number of amides is 2. The fourth-order valence-corrected chi connectivity index (χ4v) is 3.44. The Balaban J connectivity index is 2.93. The molecule has 0 saturated carbocycles. The summed E-state index contributed by atoms with van der Waals surface area (Å²) in [6.45, 7) is 10.6. The third-order valence-corrected chi connectivity index (χ3v) is 5.27. The van der Waals surface area contributed by atoms with Gasteiger partial charge in [-0.3, -0.25) is 14.5 Å². The quantitative estimate of drug-likeness (QED) is 0.757. The van der Waals surface area contributed by atoms with Crippen molar-refractivity contribution >= 4 is 11.8 Å². The minimum Gasteiger partial charge on any atom is -0.394 e. The molecule has 25 heavy (non-hydrogen) atoms. The van der Waals surface area contributed by atoms with E-state index in [1.165, 1.54) is 0 Å². The molecule has 0 spiro atoms. The zero-order chi connectivity index (χ0) is 19.4. The molecule has 2 unspecified atom stereocenters. The second-order valence-corrected chi connectivity index (χ2v) is 8.74. The van der Waals surface area contributed by atoms with E-state index in [-0.39, 0.29) is 36.4 Å². The summed E-state index contributed by atoms with van der Waals surface area (Å²) < 4.78 is 0. The summed E-state index contributed by atoms with van der Waals surface area (Å²) in [4.78, 5) is 29.5. The van der Waals surface area contributed by atoms with E-state index in [1.807, 2.05) is 41.7 Å². The Morgan fingerprint density at radius 3 is 2.32 bits per heavy atom. The lowest BCUT2D eigenvalue weighted by Gasteiger charge is -2.39. The molecule has 146 valence electrons. The van der Waals surface area contributed by atoms with Gasteiger partial charge in [-0.15, -0.1) is 0 Å². The van der Waals surface area contributed by atoms with Crippen molar-refractivity contribution < 1.29 is 14.7 Å². The topological polar surface area (TPSA) is 72.9 Å². The maximum Gasteiger partial charge on any atom is 0.245 e. The molecule has 1 rings (SSSR count). The van der Waals surface area contributed by atoms with Gasteiger partial charge in [0.05, 0.1) is 18.7 Å². The van der Waals surface area contributed by atoms with E-state index in [4.69, 9.17) is 0 Å². The first kappa shape index (κ1) is 21.9. The highest BCUT2D eigenvalue weighted by molar-refractivity contribution is 5.90. The van der Waals surface area contributed by atoms with Crippen molar-refractivity contribution in [2.45, 2.75) is 72.0 Å². The van der Waals surface area contributed by atoms with Gasteiger partial charge < -0.3 is 15.3 Å². The van der Waals surface area contributed by atoms with Crippen LogP contribution in [0.3, 0.4) is 0 Å². The van der Waals surface area contributed by atoms with Crippen LogP contribution in [-0.2, 0) is 9.59 Å². The average Bonchev–Trinajstić information content (AvgIpc) is 2.51. The molecular formula is C19H37N3O3. The largest absolute Gasteiger partial charge is 0.394 e. The molecule has 2 N–H and O–H groups in total. The van der Waals surface area contributed by atoms with Gasteiger partial charge in [-0.1, -0.05) is 41.0 Å². The van der Waals surface area contributed by atoms with Crippen LogP contribution in [0.25, 0.3) is 0 Å². The third kappa shape index (κ3) is 5.68. The summed E-state index contributed by atoms with van der Waals surface area (Å²) >= 11 is 0. The lowest BCUT2D eigenvalue weighted by atomic mass is 9.84. The van der Waals surface area contributed by atoms with Crippen molar-refractivity contribution in [1.29, 1.82) is 0 Å². The predicted octanol–water partition coefficient (Wildman–Crippen LogP) is 1.48. The Bertz CT molecular complexity index is 459. The number of nitrogens with zero attached hydrogens (tertiary/aromatic N) is 2. The normalized spacial score (nSPS) is 21.7. The zero-order valence-electron chi connectivity index (χ0n) is 17.0. The minimum atomic E-state index is -0.617. The first-order valence-corrected chi connectivity index (χ1v) is 9.38. The summed E-state index contributed by atoms with van der Waals surface area (Å²) in [5.41, 5.74) is -0.411. The van der Waals surface area contributed by atoms with Gasteiger partial charge >= 0.3 is 0 Å². The number of hydrogen-bond acceptors (Lipinski definition) is 4. The lowest BCUT2D eigenvalue weighted by Crippen LogP contribution is -2.60. The number of aliphatic hydroxyl groups excluding tert-OH is 1. The highest BCUT2D eigenvalue weighted by Crippen LogP contribution is 2.24. The summed E-state index contributed by atoms with van der Waals surface area (Å²) in [6, 6.07) is -1.05. The van der Waals surface area contributed by atoms with Gasteiger partial charge in [-0.25, -0.2) is 0 Å². The van der Waals surface area contributed by atoms with Gasteiger partial charge in [-0.2, -0.15) is 0 Å². The molecule has 0 aromatic rings. The van der Waals surface area contributed by atoms with E-state index in [0.717, 1.165) is 25.8 Å². The van der Waals surface area contributed by atoms with Crippen molar-refractivity contribution in [3.8, 4) is 0 Å². The molecule has 0 aromatic heterocycles. The number of likely N-dealkylation sites (N-methyl/N-ethyl adjacent to an activating group) is 2. The molecule has 3 atom stereocenters. The molecule has 1 heterocycles. The standard InChI is InChI=1S/C19H37N3O3/c1-13(2)15(12-23)22(7)18(25)16(19(3,4)5)20-17(24)14-10-8-9-11-21(14)6/h13-16,23H,8-12H2,1-7H3,(H,20,24)/t14?,15-,16?/m1/s1. The maximum atomic E-state index is 13.1. The van der Waals surface area contributed by atoms with Crippen molar-refractivity contribution in [2.75, 3.05) is 27.2 Å². The lowest BCUT2D eigenvalue weighted by molar-refractivity contribution is -0.143. The highest BCUT2D eigenvalue weighted by atomic mass is 16.3. The van der Waals surface area contributed by atoms with E-state index < -0.39 is 11.5 Å². The van der Waals surface area contributed by atoms with Gasteiger partial charge in [0.25, 0.3) is 0 Å². The Kier molecular flexibility index (Phi) is 7.88. The van der Waals surface area contributed by atoms with E-state index in [2.05, 4.69) is 10.2 Å². The molecule has 1 aliphatic rings. The Morgan fingerprint density at radius 1 is 1.28 bits per heavy atom. The molecule has 0 aliphatic carbocycles. The molecule has 1 fully saturated rings. The van der Waals surface area contributed by atoms with Gasteiger partial charge in [0.1, 0.15) is 6.04 Å². The molecule has 6 heteroatoms. The fourth-order valence-electron chi connectivity index (χ4n) is 3.44. The Morgan fingerprint density at radius 2 is 1.88 bits per heavy atom. The minimum absolute atomic E-state index is 0.0750. The van der Waals surface area contributed by atoms with E-state index >= 15 is 0 Å². The first-order chi connectivity index (χ1) is 11.5. The van der Waals surface area contributed by atoms with E-state index in [1.54, 1.807) is 11.9 Å². The van der Waals surface area contributed by atoms with Crippen LogP contribution in [-0.4, -0.2) is 72.1 Å². The second-order valence-electron chi connectivity index (χ2n) is 8.74. The number of likely N-dealkylation sites (tertiary alicyclic amines) is 1. The molecule has 0 radical (unpaired) electrons. The maximum absolute atomic E-state index is 13.1. The molecule has 2 amide bonds. The van der Waals surface area contributed by atoms with Crippen molar-refractivity contribution in [3.05, 3.63) is 0 Å². The van der Waals surface area contributed by atoms with Crippen LogP contribution in [0.5, 0.6) is 0 Å². The summed E-state index contributed by atoms with van der Waals surface area (Å²) in [6.07, 6.45) is 2.97. The number of hydrogen-bond donors (Lipinski definition) is 2. The average molecular weight is 356 g/mol. The first-order valence-electron chi connectivity index (χ1n) is 9.38. The highest BCUT2D eigenvalue weighted by Gasteiger charge is 2.39. The molecule has 1 aliphatic heterocycles. The van der Waals surface area contributed by atoms with Crippen LogP contribution >= 0.6 is 0 Å². The van der Waals surface area contributed by atoms with Crippen LogP contribution in [0.4, 0.5) is 0 Å². The van der Waals surface area contributed by atoms with Crippen molar-refractivity contribution in [3.63, 3.8) is 0 Å². The summed E-state index contributed by atoms with van der Waals surface area (Å²) in [5.74, 6) is -0.0826. The number of nitrogens with one attached hydrogen (secondary N) is 1. The fraction of sp³-hybridized carbons (Fsp3) is 0.895. The van der Waals surface area contributed by atoms with E-state index in [0.29, 0.717) is 0 Å². The van der Waals surface area contributed by atoms with Crippen LogP contribution in [0.15, 0.2) is 0 Å². The Hall–Kier alpha value is -1.14. The number of rotatable bonds is 6. The molecule has 0 bridgehead atoms. The van der Waals surface area contributed by atoms with Gasteiger partial charge in [-0.05, 0) is 37.8 Å². The molecule has 0 aromatic carbocycles. The van der Waals surface area contributed by atoms with Gasteiger partial charge in [0.2, 0.25) is 11.8 Å². The van der Waals surface area contributed by atoms with Crippen LogP contribution < -0.4 is 5.32 Å². The predicted molar refractivity (Wildman–Crippen MR) is 100 cm³/mol. The SMILES string of the molecule is CC(C)[C@@H](CO)N(C)C(=O)C(NC(=O)C1CCCCN1C)C(C)(C)C. The second kappa shape index (κ2) is 8.99. The van der Waals surface area contributed by atoms with Crippen molar-refractivity contribution in [2.24, 2.45) is 11.3 Å². The zero-order valence-corrected chi connectivity index (χ0v) is 17.0. The van der Waals surface area contributed by atoms with Crippen LogP contribution in [0.2, 0.25) is 0 Å². The van der Waals surface area contributed by atoms with Crippen LogP contribution in [0, 0.1) is 11.3 Å². The van der Waals surface area contributed by atoms with Crippen LogP contribution in [0.1, 0.15) is 53.9 Å². The Labute approximate surface area is 152 Å². The number of piperidine rings is 1. The van der Waals surface area contributed by atoms with Gasteiger partial charge in [0.15, 0.2) is 0 Å². The summed E-state index contributed by atoms with van der Waals surface area (Å²) in [7, 11) is 3.67. The molecular weight excluding hydrogens is 318 g/mol. The smallest absolute Gasteiger partial charge is 0.245 e. The molecule has 6 nitrogen and oxygen atoms in total. The molecule has 1 saturated heterocycles. The monoisotopic (exact) mass is 355 g/mol. The third-order valence-electron chi connectivity index (χ3n) is 5.27. The van der Waals surface area contributed by atoms with E-state index in [9.17, 15) is 14.7 Å². The van der Waals surface area contributed by atoms with Crippen molar-refractivity contribution in [1.82, 2.24) is 15.1 Å². The number of aliphatic hydroxyl groups is 1. The number of carbonyl (C=O) groups is 2. The van der Waals surface area contributed by atoms with Gasteiger partial charge in [0, 0.05) is 7.05 Å². The summed E-state index contributed by atoms with van der Waals surface area (Å²) in [5, 5.41) is 12.6.